The first-order valence-corrected chi connectivity index (χ1v) is 14.8. The average Bonchev–Trinajstić information content (AvgIpc) is 2.99. The Morgan fingerprint density at radius 3 is 2.17 bits per heavy atom. The van der Waals surface area contributed by atoms with Gasteiger partial charge in [0.05, 0.1) is 11.7 Å². The summed E-state index contributed by atoms with van der Waals surface area (Å²) < 4.78 is 49.1. The Balaban J connectivity index is 0.000000380. The number of alkyl halides is 1. The molecule has 0 radical (unpaired) electrons. The van der Waals surface area contributed by atoms with Crippen molar-refractivity contribution in [2.24, 2.45) is 28.6 Å². The van der Waals surface area contributed by atoms with E-state index in [0.29, 0.717) is 24.8 Å². The van der Waals surface area contributed by atoms with E-state index >= 15 is 4.39 Å². The minimum atomic E-state index is -4.28. The highest BCUT2D eigenvalue weighted by Crippen LogP contribution is 2.70. The monoisotopic (exact) mass is 606 g/mol. The van der Waals surface area contributed by atoms with Crippen LogP contribution < -0.4 is 0 Å². The van der Waals surface area contributed by atoms with Gasteiger partial charge in [-0.05, 0) is 77.4 Å². The molecule has 13 heteroatoms. The molecule has 0 unspecified atom stereocenters. The van der Waals surface area contributed by atoms with Gasteiger partial charge in [-0.25, -0.2) is 8.57 Å². The number of aliphatic hydroxyl groups excluding tert-OH is 2. The Labute approximate surface area is 240 Å². The third kappa shape index (κ3) is 6.35. The van der Waals surface area contributed by atoms with E-state index < -0.39 is 74.4 Å². The van der Waals surface area contributed by atoms with Gasteiger partial charge in [0.2, 0.25) is 0 Å². The van der Waals surface area contributed by atoms with E-state index in [-0.39, 0.29) is 18.1 Å². The van der Waals surface area contributed by atoms with Gasteiger partial charge in [0.25, 0.3) is 5.97 Å². The molecule has 3 fully saturated rings. The normalized spacial score (nSPS) is 39.5. The highest BCUT2D eigenvalue weighted by Gasteiger charge is 2.75. The number of halogens is 1. The highest BCUT2D eigenvalue weighted by atomic mass is 32.3. The van der Waals surface area contributed by atoms with E-state index in [1.807, 2.05) is 0 Å². The van der Waals surface area contributed by atoms with Crippen LogP contribution in [0.3, 0.4) is 0 Å². The second kappa shape index (κ2) is 11.6. The van der Waals surface area contributed by atoms with E-state index in [4.69, 9.17) is 14.5 Å². The zero-order valence-corrected chi connectivity index (χ0v) is 25.4. The van der Waals surface area contributed by atoms with Crippen LogP contribution >= 0.6 is 0 Å². The molecule has 8 atom stereocenters. The van der Waals surface area contributed by atoms with Crippen LogP contribution in [0, 0.1) is 28.6 Å². The molecule has 5 N–H and O–H groups in total. The summed E-state index contributed by atoms with van der Waals surface area (Å²) in [7, 11) is -4.28. The van der Waals surface area contributed by atoms with Gasteiger partial charge < -0.3 is 20.4 Å². The minimum absolute atomic E-state index is 0.0676. The second-order valence-corrected chi connectivity index (χ2v) is 13.9. The van der Waals surface area contributed by atoms with Gasteiger partial charge in [-0.1, -0.05) is 25.5 Å². The smallest absolute Gasteiger partial charge is 0.397 e. The summed E-state index contributed by atoms with van der Waals surface area (Å²) in [5.41, 5.74) is -6.02. The summed E-state index contributed by atoms with van der Waals surface area (Å²) >= 11 is 0. The van der Waals surface area contributed by atoms with E-state index in [1.54, 1.807) is 26.8 Å². The van der Waals surface area contributed by atoms with Crippen molar-refractivity contribution in [2.45, 2.75) is 97.1 Å². The van der Waals surface area contributed by atoms with Gasteiger partial charge in [0.1, 0.15) is 12.2 Å². The molecule has 4 aliphatic carbocycles. The van der Waals surface area contributed by atoms with Crippen molar-refractivity contribution >= 4 is 27.9 Å². The van der Waals surface area contributed by atoms with Gasteiger partial charge in [-0.2, -0.15) is 8.42 Å². The number of aliphatic hydroxyl groups is 3. The van der Waals surface area contributed by atoms with Gasteiger partial charge in [-0.15, -0.1) is 0 Å². The Morgan fingerprint density at radius 2 is 1.73 bits per heavy atom. The topological polar surface area (TPSA) is 196 Å². The van der Waals surface area contributed by atoms with Gasteiger partial charge in [-0.3, -0.25) is 18.9 Å². The first-order valence-electron chi connectivity index (χ1n) is 13.5. The predicted molar refractivity (Wildman–Crippen MR) is 146 cm³/mol. The third-order valence-corrected chi connectivity index (χ3v) is 9.86. The van der Waals surface area contributed by atoms with Crippen LogP contribution in [0.2, 0.25) is 0 Å². The number of hydrogen-bond donors (Lipinski definition) is 5. The fourth-order valence-corrected chi connectivity index (χ4v) is 8.21. The van der Waals surface area contributed by atoms with Crippen LogP contribution in [0.15, 0.2) is 23.8 Å². The minimum Gasteiger partial charge on any atom is -0.481 e. The lowest BCUT2D eigenvalue weighted by atomic mass is 9.44. The van der Waals surface area contributed by atoms with E-state index in [2.05, 4.69) is 4.18 Å². The Kier molecular flexibility index (Phi) is 9.93. The van der Waals surface area contributed by atoms with Crippen molar-refractivity contribution in [2.75, 3.05) is 6.61 Å². The Hall–Kier alpha value is -2.03. The molecule has 0 spiro atoms. The second-order valence-electron chi connectivity index (χ2n) is 12.9. The molecule has 0 aromatic rings. The molecule has 0 amide bonds. The number of Topliss-reactive ketones (excluding diaryl/α,β-unsaturated/α-hetero) is 1. The van der Waals surface area contributed by atoms with Gasteiger partial charge >= 0.3 is 10.4 Å². The molecule has 0 aromatic heterocycles. The van der Waals surface area contributed by atoms with Crippen molar-refractivity contribution in [3.05, 3.63) is 23.8 Å². The van der Waals surface area contributed by atoms with Crippen LogP contribution in [0.25, 0.3) is 0 Å². The molecule has 3 saturated carbocycles. The van der Waals surface area contributed by atoms with E-state index in [1.165, 1.54) is 32.9 Å². The molecule has 234 valence electrons. The van der Waals surface area contributed by atoms with Crippen LogP contribution in [0.1, 0.15) is 74.1 Å². The zero-order valence-electron chi connectivity index (χ0n) is 24.5. The highest BCUT2D eigenvalue weighted by molar-refractivity contribution is 7.80. The fourth-order valence-electron chi connectivity index (χ4n) is 7.58. The number of hydrogen-bond acceptors (Lipinski definition) is 9. The maximum atomic E-state index is 16.9. The molecule has 0 aliphatic heterocycles. The number of carboxylic acid groups (broad SMARTS) is 1. The lowest BCUT2D eigenvalue weighted by Gasteiger charge is -2.62. The molecule has 4 aliphatic rings. The zero-order chi connectivity index (χ0) is 32.0. The molecule has 4 rings (SSSR count). The van der Waals surface area contributed by atoms with E-state index in [0.717, 1.165) is 6.92 Å². The van der Waals surface area contributed by atoms with E-state index in [9.17, 15) is 33.3 Å². The summed E-state index contributed by atoms with van der Waals surface area (Å²) in [6, 6.07) is 0. The van der Waals surface area contributed by atoms with Crippen molar-refractivity contribution in [1.82, 2.24) is 0 Å². The number of carboxylic acids is 1. The average molecular weight is 607 g/mol. The van der Waals surface area contributed by atoms with Crippen LogP contribution in [0.4, 0.5) is 4.39 Å². The SMILES string of the molecule is CC(=O)O.CC(C)(C)OS(=O)(=O)O.C[C@@H]1C[C@H]2[C@@H]3CCC4=CC(=O)C=C[C@]4(C)[C@@]3(F)[C@@H](O)C[C@]2(C)[C@@]1(O)C(=O)CO. The summed E-state index contributed by atoms with van der Waals surface area (Å²) in [5, 5.41) is 39.4. The number of fused-ring (bicyclic) bond motifs is 5. The molecular formula is C28H43FO11S. The number of ketones is 2. The predicted octanol–water partition coefficient (Wildman–Crippen LogP) is 2.59. The lowest BCUT2D eigenvalue weighted by molar-refractivity contribution is -0.219. The molecular weight excluding hydrogens is 563 g/mol. The van der Waals surface area contributed by atoms with Crippen molar-refractivity contribution in [3.8, 4) is 0 Å². The summed E-state index contributed by atoms with van der Waals surface area (Å²) in [6.07, 6.45) is 4.44. The first kappa shape index (κ1) is 35.2. The molecule has 41 heavy (non-hydrogen) atoms. The summed E-state index contributed by atoms with van der Waals surface area (Å²) in [4.78, 5) is 33.4. The Morgan fingerprint density at radius 1 is 1.20 bits per heavy atom. The molecule has 0 saturated heterocycles. The van der Waals surface area contributed by atoms with Crippen LogP contribution in [0.5, 0.6) is 0 Å². The van der Waals surface area contributed by atoms with Gasteiger partial charge in [0.15, 0.2) is 17.2 Å². The molecule has 0 heterocycles. The van der Waals surface area contributed by atoms with Crippen molar-refractivity contribution in [3.63, 3.8) is 0 Å². The van der Waals surface area contributed by atoms with Crippen molar-refractivity contribution < 1.29 is 56.4 Å². The maximum absolute atomic E-state index is 16.9. The van der Waals surface area contributed by atoms with Gasteiger partial charge in [0, 0.05) is 23.7 Å². The Bertz CT molecular complexity index is 1220. The number of allylic oxidation sites excluding steroid dienone is 4. The number of carbonyl (C=O) groups is 3. The number of rotatable bonds is 3. The lowest BCUT2D eigenvalue weighted by Crippen LogP contribution is -2.69. The van der Waals surface area contributed by atoms with Crippen LogP contribution in [-0.2, 0) is 29.0 Å². The van der Waals surface area contributed by atoms with Crippen molar-refractivity contribution in [1.29, 1.82) is 0 Å². The standard InChI is InChI=1S/C22H29FO5.C4H10O4S.C2H4O2/c1-12-8-16-15-5-4-13-9-14(25)6-7-19(13,2)21(15,23)17(26)10-20(16,3)22(12,28)18(27)11-24;1-4(2,3)8-9(5,6)7;1-2(3)4/h6-7,9,12,15-17,24,26,28H,4-5,8,10-11H2,1-3H3;1-3H3,(H,5,6,7);1H3,(H,3,4)/t12-,15+,16+,17+,19+,20+,21+,22+;;/m1../s1. The molecule has 0 bridgehead atoms. The molecule has 11 nitrogen and oxygen atoms in total. The largest absolute Gasteiger partial charge is 0.481 e. The third-order valence-electron chi connectivity index (χ3n) is 9.15. The first-order chi connectivity index (χ1) is 18.4. The maximum Gasteiger partial charge on any atom is 0.397 e. The number of carbonyl (C=O) groups excluding carboxylic acids is 2. The molecule has 0 aromatic carbocycles. The van der Waals surface area contributed by atoms with Crippen LogP contribution in [-0.4, -0.2) is 80.5 Å². The summed E-state index contributed by atoms with van der Waals surface area (Å²) in [6.45, 7) is 10.1. The summed E-state index contributed by atoms with van der Waals surface area (Å²) in [5.74, 6) is -2.95. The number of aliphatic carboxylic acids is 1. The quantitative estimate of drug-likeness (QED) is 0.296. The fraction of sp³-hybridized carbons (Fsp3) is 0.750.